The Morgan fingerprint density at radius 1 is 1.03 bits per heavy atom. The van der Waals surface area contributed by atoms with Crippen LogP contribution in [0.1, 0.15) is 38.3 Å². The van der Waals surface area contributed by atoms with Gasteiger partial charge in [-0.2, -0.15) is 0 Å². The van der Waals surface area contributed by atoms with Crippen LogP contribution in [0.4, 0.5) is 4.39 Å². The van der Waals surface area contributed by atoms with Crippen molar-refractivity contribution in [3.05, 3.63) is 106 Å². The molecule has 0 aliphatic heterocycles. The zero-order chi connectivity index (χ0) is 23.2. The predicted molar refractivity (Wildman–Crippen MR) is 126 cm³/mol. The summed E-state index contributed by atoms with van der Waals surface area (Å²) < 4.78 is 20.2. The van der Waals surface area contributed by atoms with Gasteiger partial charge in [0, 0.05) is 23.7 Å². The number of halogens is 1. The molecule has 0 saturated carbocycles. The molecule has 0 saturated heterocycles. The monoisotopic (exact) mass is 443 g/mol. The number of nitrogens with zero attached hydrogens (tertiary/aromatic N) is 2. The molecule has 1 amide bonds. The summed E-state index contributed by atoms with van der Waals surface area (Å²) in [5, 5.41) is 3.64. The van der Waals surface area contributed by atoms with Gasteiger partial charge in [-0.3, -0.25) is 4.79 Å². The van der Waals surface area contributed by atoms with E-state index in [-0.39, 0.29) is 24.9 Å². The van der Waals surface area contributed by atoms with Gasteiger partial charge in [-0.05, 0) is 55.7 Å². The van der Waals surface area contributed by atoms with E-state index in [2.05, 4.69) is 46.5 Å². The van der Waals surface area contributed by atoms with Crippen molar-refractivity contribution in [3.63, 3.8) is 0 Å². The molecule has 0 aliphatic rings. The quantitative estimate of drug-likeness (QED) is 0.386. The lowest BCUT2D eigenvalue weighted by molar-refractivity contribution is 0.0950. The molecule has 0 spiro atoms. The summed E-state index contributed by atoms with van der Waals surface area (Å²) in [7, 11) is 0. The highest BCUT2D eigenvalue weighted by Crippen LogP contribution is 2.16. The average molecular weight is 444 g/mol. The van der Waals surface area contributed by atoms with Gasteiger partial charge in [0.15, 0.2) is 5.65 Å². The molecule has 0 aliphatic carbocycles. The van der Waals surface area contributed by atoms with Gasteiger partial charge >= 0.3 is 0 Å². The van der Waals surface area contributed by atoms with E-state index in [0.717, 1.165) is 11.8 Å². The molecule has 4 rings (SSSR count). The number of benzene rings is 2. The van der Waals surface area contributed by atoms with E-state index in [1.165, 1.54) is 17.2 Å². The van der Waals surface area contributed by atoms with Crippen LogP contribution in [0.3, 0.4) is 0 Å². The minimum Gasteiger partial charge on any atom is -0.376 e. The molecule has 6 heteroatoms. The van der Waals surface area contributed by atoms with Crippen LogP contribution in [0.5, 0.6) is 0 Å². The fourth-order valence-corrected chi connectivity index (χ4v) is 3.55. The van der Waals surface area contributed by atoms with Gasteiger partial charge in [-0.25, -0.2) is 14.4 Å². The lowest BCUT2D eigenvalue weighted by Crippen LogP contribution is -2.24. The summed E-state index contributed by atoms with van der Waals surface area (Å²) in [6, 6.07) is 18.7. The number of carbonyl (C=O) groups excluding carboxylic acids is 1. The Labute approximate surface area is 192 Å². The van der Waals surface area contributed by atoms with Crippen molar-refractivity contribution in [1.29, 1.82) is 0 Å². The maximum absolute atomic E-state index is 14.5. The largest absolute Gasteiger partial charge is 0.376 e. The molecule has 0 unspecified atom stereocenters. The SMILES string of the molecule is Cc1ccc(CCOCc2ccc(CNC(=O)c3cc4cccnc4nc3C)cc2F)cc1. The van der Waals surface area contributed by atoms with Crippen LogP contribution in [-0.2, 0) is 24.3 Å². The highest BCUT2D eigenvalue weighted by Gasteiger charge is 2.12. The zero-order valence-electron chi connectivity index (χ0n) is 18.8. The third-order valence-electron chi connectivity index (χ3n) is 5.51. The molecule has 1 N–H and O–H groups in total. The molecule has 0 radical (unpaired) electrons. The average Bonchev–Trinajstić information content (AvgIpc) is 2.82. The van der Waals surface area contributed by atoms with E-state index in [1.807, 2.05) is 6.07 Å². The van der Waals surface area contributed by atoms with Crippen molar-refractivity contribution in [2.24, 2.45) is 0 Å². The first kappa shape index (κ1) is 22.6. The van der Waals surface area contributed by atoms with Gasteiger partial charge in [0.1, 0.15) is 5.82 Å². The van der Waals surface area contributed by atoms with Crippen molar-refractivity contribution in [2.75, 3.05) is 6.61 Å². The third kappa shape index (κ3) is 5.79. The van der Waals surface area contributed by atoms with Crippen LogP contribution in [0, 0.1) is 19.7 Å². The van der Waals surface area contributed by atoms with Gasteiger partial charge in [-0.1, -0.05) is 42.0 Å². The predicted octanol–water partition coefficient (Wildman–Crippen LogP) is 5.08. The Kier molecular flexibility index (Phi) is 7.05. The number of aryl methyl sites for hydroxylation is 2. The van der Waals surface area contributed by atoms with Gasteiger partial charge in [0.05, 0.1) is 24.5 Å². The maximum Gasteiger partial charge on any atom is 0.253 e. The third-order valence-corrected chi connectivity index (χ3v) is 5.51. The molecule has 0 atom stereocenters. The van der Waals surface area contributed by atoms with Crippen molar-refractivity contribution in [2.45, 2.75) is 33.4 Å². The van der Waals surface area contributed by atoms with Crippen LogP contribution in [-0.4, -0.2) is 22.5 Å². The van der Waals surface area contributed by atoms with Crippen molar-refractivity contribution in [1.82, 2.24) is 15.3 Å². The Morgan fingerprint density at radius 2 is 1.82 bits per heavy atom. The second-order valence-electron chi connectivity index (χ2n) is 8.07. The maximum atomic E-state index is 14.5. The fourth-order valence-electron chi connectivity index (χ4n) is 3.55. The number of hydrogen-bond acceptors (Lipinski definition) is 4. The van der Waals surface area contributed by atoms with Crippen LogP contribution < -0.4 is 5.32 Å². The number of carbonyl (C=O) groups is 1. The standard InChI is InChI=1S/C27H26FN3O2/c1-18-5-7-20(8-6-18)11-13-33-17-23-10-9-21(14-25(23)28)16-30-27(32)24-15-22-4-3-12-29-26(22)31-19(24)2/h3-10,12,14-15H,11,13,16-17H2,1-2H3,(H,30,32). The van der Waals surface area contributed by atoms with Gasteiger partial charge < -0.3 is 10.1 Å². The number of ether oxygens (including phenoxy) is 1. The van der Waals surface area contributed by atoms with E-state index in [1.54, 1.807) is 37.4 Å². The van der Waals surface area contributed by atoms with Crippen LogP contribution in [0.25, 0.3) is 11.0 Å². The molecule has 2 aromatic carbocycles. The summed E-state index contributed by atoms with van der Waals surface area (Å²) >= 11 is 0. The highest BCUT2D eigenvalue weighted by molar-refractivity contribution is 5.98. The van der Waals surface area contributed by atoms with Crippen molar-refractivity contribution < 1.29 is 13.9 Å². The highest BCUT2D eigenvalue weighted by atomic mass is 19.1. The molecule has 5 nitrogen and oxygen atoms in total. The number of amides is 1. The van der Waals surface area contributed by atoms with Crippen LogP contribution in [0.15, 0.2) is 66.9 Å². The van der Waals surface area contributed by atoms with E-state index in [0.29, 0.717) is 34.6 Å². The summed E-state index contributed by atoms with van der Waals surface area (Å²) in [4.78, 5) is 21.3. The number of rotatable bonds is 8. The number of aromatic nitrogens is 2. The first-order valence-electron chi connectivity index (χ1n) is 10.9. The first-order chi connectivity index (χ1) is 16.0. The Balaban J connectivity index is 1.30. The Morgan fingerprint density at radius 3 is 2.61 bits per heavy atom. The molecule has 0 fully saturated rings. The minimum atomic E-state index is -0.341. The summed E-state index contributed by atoms with van der Waals surface area (Å²) in [6.45, 7) is 4.78. The second-order valence-corrected chi connectivity index (χ2v) is 8.07. The second kappa shape index (κ2) is 10.3. The summed E-state index contributed by atoms with van der Waals surface area (Å²) in [5.41, 5.74) is 5.27. The number of fused-ring (bicyclic) bond motifs is 1. The molecule has 2 heterocycles. The summed E-state index contributed by atoms with van der Waals surface area (Å²) in [6.07, 6.45) is 2.45. The van der Waals surface area contributed by atoms with E-state index >= 15 is 0 Å². The summed E-state index contributed by atoms with van der Waals surface area (Å²) in [5.74, 6) is -0.596. The molecular formula is C27H26FN3O2. The number of nitrogens with one attached hydrogen (secondary N) is 1. The van der Waals surface area contributed by atoms with Gasteiger partial charge in [0.2, 0.25) is 0 Å². The van der Waals surface area contributed by atoms with E-state index < -0.39 is 0 Å². The molecule has 33 heavy (non-hydrogen) atoms. The molecule has 2 aromatic heterocycles. The first-order valence-corrected chi connectivity index (χ1v) is 10.9. The molecule has 168 valence electrons. The van der Waals surface area contributed by atoms with Gasteiger partial charge in [-0.15, -0.1) is 0 Å². The van der Waals surface area contributed by atoms with Crippen molar-refractivity contribution >= 4 is 16.9 Å². The lowest BCUT2D eigenvalue weighted by atomic mass is 10.1. The Hall–Kier alpha value is -3.64. The topological polar surface area (TPSA) is 64.1 Å². The van der Waals surface area contributed by atoms with Crippen LogP contribution >= 0.6 is 0 Å². The number of hydrogen-bond donors (Lipinski definition) is 1. The van der Waals surface area contributed by atoms with E-state index in [4.69, 9.17) is 4.74 Å². The molecule has 0 bridgehead atoms. The zero-order valence-corrected chi connectivity index (χ0v) is 18.8. The van der Waals surface area contributed by atoms with Gasteiger partial charge in [0.25, 0.3) is 5.91 Å². The molecular weight excluding hydrogens is 417 g/mol. The normalized spacial score (nSPS) is 11.0. The smallest absolute Gasteiger partial charge is 0.253 e. The van der Waals surface area contributed by atoms with E-state index in [9.17, 15) is 9.18 Å². The van der Waals surface area contributed by atoms with Crippen LogP contribution in [0.2, 0.25) is 0 Å². The minimum absolute atomic E-state index is 0.209. The Bertz CT molecular complexity index is 1270. The van der Waals surface area contributed by atoms with Crippen molar-refractivity contribution in [3.8, 4) is 0 Å². The number of pyridine rings is 2. The fraction of sp³-hybridized carbons (Fsp3) is 0.222. The molecule has 4 aromatic rings. The lowest BCUT2D eigenvalue weighted by Gasteiger charge is -2.10.